The molecule has 0 radical (unpaired) electrons. The summed E-state index contributed by atoms with van der Waals surface area (Å²) in [5.41, 5.74) is 1.30. The van der Waals surface area contributed by atoms with E-state index in [1.807, 2.05) is 0 Å². The molecule has 1 aromatic heterocycles. The molecule has 56 valence electrons. The van der Waals surface area contributed by atoms with Gasteiger partial charge in [-0.05, 0) is 39.7 Å². The van der Waals surface area contributed by atoms with Crippen LogP contribution in [0.1, 0.15) is 12.0 Å². The van der Waals surface area contributed by atoms with Crippen LogP contribution in [0.2, 0.25) is 0 Å². The van der Waals surface area contributed by atoms with Crippen molar-refractivity contribution in [2.75, 3.05) is 6.61 Å². The molecular weight excluding hydrogens is 212 g/mol. The fourth-order valence-corrected chi connectivity index (χ4v) is 2.29. The second kappa shape index (κ2) is 4.11. The molecule has 10 heavy (non-hydrogen) atoms. The molecule has 1 nitrogen and oxygen atoms in total. The molecule has 0 atom stereocenters. The van der Waals surface area contributed by atoms with E-state index in [0.717, 1.165) is 12.8 Å². The summed E-state index contributed by atoms with van der Waals surface area (Å²) in [5, 5.41) is 12.7. The molecule has 1 N–H and O–H groups in total. The van der Waals surface area contributed by atoms with Crippen LogP contribution < -0.4 is 0 Å². The van der Waals surface area contributed by atoms with Crippen LogP contribution in [0.25, 0.3) is 0 Å². The molecule has 0 spiro atoms. The Bertz CT molecular complexity index is 197. The topological polar surface area (TPSA) is 20.2 Å². The van der Waals surface area contributed by atoms with E-state index in [-0.39, 0.29) is 6.61 Å². The zero-order valence-corrected chi connectivity index (χ0v) is 7.91. The number of hydrogen-bond donors (Lipinski definition) is 1. The monoisotopic (exact) mass is 220 g/mol. The van der Waals surface area contributed by atoms with Crippen molar-refractivity contribution >= 4 is 27.3 Å². The Kier molecular flexibility index (Phi) is 3.39. The minimum Gasteiger partial charge on any atom is -0.396 e. The number of hydrogen-bond acceptors (Lipinski definition) is 2. The molecule has 0 aliphatic rings. The first-order chi connectivity index (χ1) is 4.84. The predicted molar refractivity (Wildman–Crippen MR) is 47.4 cm³/mol. The number of aliphatic hydroxyl groups excluding tert-OH is 1. The maximum Gasteiger partial charge on any atom is 0.0434 e. The lowest BCUT2D eigenvalue weighted by Crippen LogP contribution is -1.87. The van der Waals surface area contributed by atoms with E-state index in [9.17, 15) is 0 Å². The first-order valence-electron chi connectivity index (χ1n) is 3.16. The number of thiophene rings is 1. The largest absolute Gasteiger partial charge is 0.396 e. The van der Waals surface area contributed by atoms with Crippen molar-refractivity contribution in [1.29, 1.82) is 0 Å². The van der Waals surface area contributed by atoms with Gasteiger partial charge < -0.3 is 5.11 Å². The highest BCUT2D eigenvalue weighted by molar-refractivity contribution is 9.10. The van der Waals surface area contributed by atoms with Crippen molar-refractivity contribution in [1.82, 2.24) is 0 Å². The van der Waals surface area contributed by atoms with E-state index in [0.29, 0.717) is 0 Å². The molecule has 0 aliphatic carbocycles. The molecule has 0 amide bonds. The normalized spacial score (nSPS) is 10.2. The second-order valence-corrected chi connectivity index (χ2v) is 3.67. The van der Waals surface area contributed by atoms with Gasteiger partial charge in [0, 0.05) is 16.5 Å². The summed E-state index contributed by atoms with van der Waals surface area (Å²) in [6.45, 7) is 0.280. The first-order valence-corrected chi connectivity index (χ1v) is 4.89. The van der Waals surface area contributed by atoms with Crippen LogP contribution in [0.3, 0.4) is 0 Å². The van der Waals surface area contributed by atoms with Gasteiger partial charge in [0.1, 0.15) is 0 Å². The number of aliphatic hydroxyl groups is 1. The standard InChI is InChI=1S/C7H9BrOS/c8-7-5-10-4-6(7)2-1-3-9/h4-5,9H,1-3H2. The zero-order valence-electron chi connectivity index (χ0n) is 5.51. The van der Waals surface area contributed by atoms with Crippen molar-refractivity contribution in [2.24, 2.45) is 0 Å². The highest BCUT2D eigenvalue weighted by Crippen LogP contribution is 2.22. The van der Waals surface area contributed by atoms with Gasteiger partial charge in [-0.1, -0.05) is 0 Å². The van der Waals surface area contributed by atoms with E-state index in [4.69, 9.17) is 5.11 Å². The van der Waals surface area contributed by atoms with Crippen molar-refractivity contribution in [3.05, 3.63) is 20.8 Å². The van der Waals surface area contributed by atoms with Crippen LogP contribution in [-0.4, -0.2) is 11.7 Å². The average Bonchev–Trinajstić information content (AvgIpc) is 2.31. The minimum atomic E-state index is 0.280. The smallest absolute Gasteiger partial charge is 0.0434 e. The van der Waals surface area contributed by atoms with Crippen LogP contribution >= 0.6 is 27.3 Å². The molecular formula is C7H9BrOS. The molecule has 1 rings (SSSR count). The van der Waals surface area contributed by atoms with Crippen molar-refractivity contribution in [3.63, 3.8) is 0 Å². The zero-order chi connectivity index (χ0) is 7.40. The van der Waals surface area contributed by atoms with Crippen molar-refractivity contribution in [2.45, 2.75) is 12.8 Å². The van der Waals surface area contributed by atoms with Gasteiger partial charge in [-0.3, -0.25) is 0 Å². The molecule has 1 heterocycles. The van der Waals surface area contributed by atoms with E-state index in [1.165, 1.54) is 10.0 Å². The van der Waals surface area contributed by atoms with Gasteiger partial charge in [0.05, 0.1) is 0 Å². The van der Waals surface area contributed by atoms with Gasteiger partial charge >= 0.3 is 0 Å². The van der Waals surface area contributed by atoms with Crippen molar-refractivity contribution < 1.29 is 5.11 Å². The molecule has 0 saturated heterocycles. The average molecular weight is 221 g/mol. The molecule has 0 saturated carbocycles. The maximum absolute atomic E-state index is 8.54. The lowest BCUT2D eigenvalue weighted by molar-refractivity contribution is 0.288. The number of halogens is 1. The van der Waals surface area contributed by atoms with Crippen LogP contribution in [-0.2, 0) is 6.42 Å². The Hall–Kier alpha value is 0.140. The van der Waals surface area contributed by atoms with Crippen molar-refractivity contribution in [3.8, 4) is 0 Å². The van der Waals surface area contributed by atoms with Gasteiger partial charge in [0.2, 0.25) is 0 Å². The Morgan fingerprint density at radius 3 is 2.80 bits per heavy atom. The fraction of sp³-hybridized carbons (Fsp3) is 0.429. The predicted octanol–water partition coefficient (Wildman–Crippen LogP) is 2.44. The fourth-order valence-electron chi connectivity index (χ4n) is 0.756. The summed E-state index contributed by atoms with van der Waals surface area (Å²) in [4.78, 5) is 0. The minimum absolute atomic E-state index is 0.280. The quantitative estimate of drug-likeness (QED) is 0.831. The number of rotatable bonds is 3. The van der Waals surface area contributed by atoms with Crippen LogP contribution in [0.15, 0.2) is 15.2 Å². The molecule has 3 heteroatoms. The Morgan fingerprint density at radius 2 is 2.30 bits per heavy atom. The highest BCUT2D eigenvalue weighted by Gasteiger charge is 1.98. The number of aryl methyl sites for hydroxylation is 1. The Morgan fingerprint density at radius 1 is 1.50 bits per heavy atom. The molecule has 0 aliphatic heterocycles. The molecule has 0 fully saturated rings. The summed E-state index contributed by atoms with van der Waals surface area (Å²) in [7, 11) is 0. The Labute approximate surface area is 72.8 Å². The SMILES string of the molecule is OCCCc1cscc1Br. The summed E-state index contributed by atoms with van der Waals surface area (Å²) in [5.74, 6) is 0. The van der Waals surface area contributed by atoms with Crippen LogP contribution in [0.5, 0.6) is 0 Å². The van der Waals surface area contributed by atoms with Gasteiger partial charge in [0.15, 0.2) is 0 Å². The van der Waals surface area contributed by atoms with E-state index < -0.39 is 0 Å². The van der Waals surface area contributed by atoms with E-state index in [2.05, 4.69) is 26.7 Å². The van der Waals surface area contributed by atoms with E-state index >= 15 is 0 Å². The summed E-state index contributed by atoms with van der Waals surface area (Å²) in [6.07, 6.45) is 1.83. The second-order valence-electron chi connectivity index (χ2n) is 2.07. The van der Waals surface area contributed by atoms with Gasteiger partial charge in [0.25, 0.3) is 0 Å². The third kappa shape index (κ3) is 2.08. The third-order valence-corrected chi connectivity index (χ3v) is 3.13. The lowest BCUT2D eigenvalue weighted by Gasteiger charge is -1.94. The van der Waals surface area contributed by atoms with Gasteiger partial charge in [-0.2, -0.15) is 11.3 Å². The van der Waals surface area contributed by atoms with Gasteiger partial charge in [-0.25, -0.2) is 0 Å². The summed E-state index contributed by atoms with van der Waals surface area (Å²) in [6, 6.07) is 0. The van der Waals surface area contributed by atoms with Crippen LogP contribution in [0.4, 0.5) is 0 Å². The third-order valence-electron chi connectivity index (χ3n) is 1.29. The summed E-state index contributed by atoms with van der Waals surface area (Å²) < 4.78 is 1.17. The van der Waals surface area contributed by atoms with E-state index in [1.54, 1.807) is 11.3 Å². The summed E-state index contributed by atoms with van der Waals surface area (Å²) >= 11 is 5.11. The first kappa shape index (κ1) is 8.24. The molecule has 1 aromatic rings. The highest BCUT2D eigenvalue weighted by atomic mass is 79.9. The van der Waals surface area contributed by atoms with Crippen LogP contribution in [0, 0.1) is 0 Å². The maximum atomic E-state index is 8.54. The van der Waals surface area contributed by atoms with Gasteiger partial charge in [-0.15, -0.1) is 0 Å². The Balaban J connectivity index is 2.49. The lowest BCUT2D eigenvalue weighted by atomic mass is 10.2. The molecule has 0 unspecified atom stereocenters. The molecule has 0 bridgehead atoms. The molecule has 0 aromatic carbocycles.